The van der Waals surface area contributed by atoms with Crippen LogP contribution < -0.4 is 5.32 Å². The first-order valence-electron chi connectivity index (χ1n) is 10.4. The molecule has 29 heavy (non-hydrogen) atoms. The summed E-state index contributed by atoms with van der Waals surface area (Å²) in [5.74, 6) is 2.58. The maximum atomic E-state index is 5.73. The highest BCUT2D eigenvalue weighted by Crippen LogP contribution is 2.27. The lowest BCUT2D eigenvalue weighted by Gasteiger charge is -2.39. The van der Waals surface area contributed by atoms with Crippen molar-refractivity contribution >= 4 is 29.9 Å². The van der Waals surface area contributed by atoms with Gasteiger partial charge in [-0.3, -0.25) is 9.89 Å². The molecule has 0 saturated carbocycles. The second-order valence-corrected chi connectivity index (χ2v) is 7.47. The van der Waals surface area contributed by atoms with Crippen LogP contribution in [0.15, 0.2) is 46.5 Å². The van der Waals surface area contributed by atoms with E-state index in [0.29, 0.717) is 12.0 Å². The number of piperidine rings is 1. The van der Waals surface area contributed by atoms with Crippen molar-refractivity contribution in [3.8, 4) is 0 Å². The van der Waals surface area contributed by atoms with Crippen molar-refractivity contribution < 1.29 is 4.42 Å². The number of hydrogen-bond donors (Lipinski definition) is 1. The van der Waals surface area contributed by atoms with E-state index in [1.807, 2.05) is 25.6 Å². The molecule has 3 rings (SSSR count). The van der Waals surface area contributed by atoms with Gasteiger partial charge in [0.2, 0.25) is 0 Å². The van der Waals surface area contributed by atoms with Crippen LogP contribution in [0.1, 0.15) is 45.0 Å². The molecule has 0 spiro atoms. The minimum atomic E-state index is 0. The van der Waals surface area contributed by atoms with E-state index in [9.17, 15) is 0 Å². The van der Waals surface area contributed by atoms with Crippen LogP contribution in [0.4, 0.5) is 0 Å². The number of rotatable bonds is 7. The van der Waals surface area contributed by atoms with E-state index in [1.54, 1.807) is 6.26 Å². The van der Waals surface area contributed by atoms with Gasteiger partial charge in [-0.25, -0.2) is 4.98 Å². The van der Waals surface area contributed by atoms with Crippen molar-refractivity contribution in [2.45, 2.75) is 39.3 Å². The van der Waals surface area contributed by atoms with Gasteiger partial charge in [0.1, 0.15) is 5.76 Å². The first-order chi connectivity index (χ1) is 13.7. The summed E-state index contributed by atoms with van der Waals surface area (Å²) in [6, 6.07) is 4.63. The van der Waals surface area contributed by atoms with Crippen LogP contribution in [0.3, 0.4) is 0 Å². The molecule has 3 heterocycles. The molecule has 1 aliphatic rings. The molecule has 3 unspecified atom stereocenters. The number of aromatic nitrogens is 2. The van der Waals surface area contributed by atoms with Gasteiger partial charge >= 0.3 is 0 Å². The summed E-state index contributed by atoms with van der Waals surface area (Å²) in [6.45, 7) is 11.4. The van der Waals surface area contributed by atoms with Crippen LogP contribution in [0, 0.1) is 5.92 Å². The molecule has 2 aromatic heterocycles. The van der Waals surface area contributed by atoms with Crippen molar-refractivity contribution in [3.05, 3.63) is 42.9 Å². The Balaban J connectivity index is 0.00000300. The lowest BCUT2D eigenvalue weighted by Crippen LogP contribution is -2.50. The van der Waals surface area contributed by atoms with E-state index in [4.69, 9.17) is 4.42 Å². The number of nitrogens with zero attached hydrogens (tertiary/aromatic N) is 5. The Morgan fingerprint density at radius 3 is 2.79 bits per heavy atom. The molecule has 2 aromatic rings. The highest BCUT2D eigenvalue weighted by molar-refractivity contribution is 14.0. The van der Waals surface area contributed by atoms with E-state index in [-0.39, 0.29) is 30.0 Å². The molecule has 0 aliphatic carbocycles. The van der Waals surface area contributed by atoms with Crippen molar-refractivity contribution in [2.75, 3.05) is 39.8 Å². The van der Waals surface area contributed by atoms with Gasteiger partial charge in [-0.15, -0.1) is 24.0 Å². The third-order valence-electron chi connectivity index (χ3n) is 5.92. The number of halogens is 1. The zero-order chi connectivity index (χ0) is 19.9. The number of guanidine groups is 1. The number of likely N-dealkylation sites (N-methyl/N-ethyl adjacent to an activating group) is 1. The second kappa shape index (κ2) is 11.6. The summed E-state index contributed by atoms with van der Waals surface area (Å²) >= 11 is 0. The van der Waals surface area contributed by atoms with Gasteiger partial charge in [-0.2, -0.15) is 0 Å². The number of aliphatic imine (C=N–C) groups is 1. The predicted octanol–water partition coefficient (Wildman–Crippen LogP) is 3.64. The average molecular weight is 514 g/mol. The normalized spacial score (nSPS) is 21.1. The summed E-state index contributed by atoms with van der Waals surface area (Å²) < 4.78 is 7.95. The van der Waals surface area contributed by atoms with Crippen molar-refractivity contribution in [3.63, 3.8) is 0 Å². The Hall–Kier alpha value is -1.55. The van der Waals surface area contributed by atoms with Crippen LogP contribution in [0.2, 0.25) is 0 Å². The summed E-state index contributed by atoms with van der Waals surface area (Å²) in [5.41, 5.74) is 0. The van der Waals surface area contributed by atoms with Crippen molar-refractivity contribution in [1.82, 2.24) is 24.7 Å². The number of likely N-dealkylation sites (tertiary alicyclic amines) is 1. The molecule has 3 atom stereocenters. The van der Waals surface area contributed by atoms with Gasteiger partial charge in [0.05, 0.1) is 24.7 Å². The molecule has 1 N–H and O–H groups in total. The lowest BCUT2D eigenvalue weighted by molar-refractivity contribution is 0.178. The van der Waals surface area contributed by atoms with E-state index in [2.05, 4.69) is 62.7 Å². The number of nitrogens with one attached hydrogen (secondary N) is 1. The smallest absolute Gasteiger partial charge is 0.193 e. The minimum Gasteiger partial charge on any atom is -0.468 e. The van der Waals surface area contributed by atoms with Gasteiger partial charge in [0, 0.05) is 39.1 Å². The van der Waals surface area contributed by atoms with Crippen LogP contribution in [-0.2, 0) is 0 Å². The van der Waals surface area contributed by atoms with E-state index >= 15 is 0 Å². The van der Waals surface area contributed by atoms with Crippen LogP contribution in [0.5, 0.6) is 0 Å². The average Bonchev–Trinajstić information content (AvgIpc) is 3.43. The summed E-state index contributed by atoms with van der Waals surface area (Å²) in [5, 5.41) is 3.61. The Kier molecular flexibility index (Phi) is 9.48. The molecular formula is C21H35IN6O. The molecule has 1 saturated heterocycles. The van der Waals surface area contributed by atoms with Gasteiger partial charge in [-0.05, 0) is 37.6 Å². The molecule has 7 nitrogen and oxygen atoms in total. The Labute approximate surface area is 191 Å². The summed E-state index contributed by atoms with van der Waals surface area (Å²) in [7, 11) is 1.87. The number of hydrogen-bond acceptors (Lipinski definition) is 4. The van der Waals surface area contributed by atoms with Crippen LogP contribution in [-0.4, -0.2) is 65.1 Å². The Morgan fingerprint density at radius 1 is 1.41 bits per heavy atom. The monoisotopic (exact) mass is 514 g/mol. The van der Waals surface area contributed by atoms with Crippen LogP contribution >= 0.6 is 24.0 Å². The van der Waals surface area contributed by atoms with Gasteiger partial charge < -0.3 is 19.2 Å². The SMILES string of the molecule is CCN(CC)C(CNC(=NC)N1CCC(C)C(n2ccnc2)C1)c1ccco1.I. The quantitative estimate of drug-likeness (QED) is 0.348. The van der Waals surface area contributed by atoms with Crippen molar-refractivity contribution in [1.29, 1.82) is 0 Å². The third kappa shape index (κ3) is 5.75. The molecule has 0 amide bonds. The maximum Gasteiger partial charge on any atom is 0.193 e. The molecule has 1 aliphatic heterocycles. The van der Waals surface area contributed by atoms with Crippen molar-refractivity contribution in [2.24, 2.45) is 10.9 Å². The number of imidazole rings is 1. The largest absolute Gasteiger partial charge is 0.468 e. The highest BCUT2D eigenvalue weighted by atomic mass is 127. The third-order valence-corrected chi connectivity index (χ3v) is 5.92. The molecular weight excluding hydrogens is 479 g/mol. The molecule has 1 fully saturated rings. The van der Waals surface area contributed by atoms with Crippen LogP contribution in [0.25, 0.3) is 0 Å². The fraction of sp³-hybridized carbons (Fsp3) is 0.619. The van der Waals surface area contributed by atoms with Gasteiger partial charge in [0.15, 0.2) is 5.96 Å². The van der Waals surface area contributed by atoms with Gasteiger partial charge in [0.25, 0.3) is 0 Å². The minimum absolute atomic E-state index is 0. The Morgan fingerprint density at radius 2 is 2.21 bits per heavy atom. The predicted molar refractivity (Wildman–Crippen MR) is 128 cm³/mol. The van der Waals surface area contributed by atoms with E-state index in [1.165, 1.54) is 0 Å². The molecule has 8 heteroatoms. The zero-order valence-corrected chi connectivity index (χ0v) is 20.3. The first kappa shape index (κ1) is 23.7. The first-order valence-corrected chi connectivity index (χ1v) is 10.4. The highest BCUT2D eigenvalue weighted by Gasteiger charge is 2.29. The molecule has 162 valence electrons. The fourth-order valence-electron chi connectivity index (χ4n) is 4.17. The molecule has 0 radical (unpaired) electrons. The van der Waals surface area contributed by atoms with Gasteiger partial charge in [-0.1, -0.05) is 20.8 Å². The summed E-state index contributed by atoms with van der Waals surface area (Å²) in [6.07, 6.45) is 8.74. The molecule has 0 aromatic carbocycles. The number of furan rings is 1. The summed E-state index contributed by atoms with van der Waals surface area (Å²) in [4.78, 5) is 13.6. The zero-order valence-electron chi connectivity index (χ0n) is 18.0. The Bertz CT molecular complexity index is 714. The fourth-order valence-corrected chi connectivity index (χ4v) is 4.17. The van der Waals surface area contributed by atoms with E-state index < -0.39 is 0 Å². The molecule has 0 bridgehead atoms. The maximum absolute atomic E-state index is 5.73. The standard InChI is InChI=1S/C21H34N6O.HI/c1-5-25(6-2)18(20-8-7-13-28-20)14-24-21(22-4)26-11-9-17(3)19(15-26)27-12-10-23-16-27;/h7-8,10,12-13,16-19H,5-6,9,11,14-15H2,1-4H3,(H,22,24);1H. The lowest BCUT2D eigenvalue weighted by atomic mass is 9.93. The topological polar surface area (TPSA) is 61.8 Å². The van der Waals surface area contributed by atoms with E-state index in [0.717, 1.165) is 50.9 Å². The second-order valence-electron chi connectivity index (χ2n) is 7.47.